The molecule has 0 aliphatic heterocycles. The molecule has 2 rings (SSSR count). The van der Waals surface area contributed by atoms with Crippen molar-refractivity contribution in [2.24, 2.45) is 11.7 Å². The second kappa shape index (κ2) is 18.2. The van der Waals surface area contributed by atoms with Gasteiger partial charge in [0.1, 0.15) is 17.7 Å². The lowest BCUT2D eigenvalue weighted by Gasteiger charge is -2.25. The fourth-order valence-electron chi connectivity index (χ4n) is 4.54. The highest BCUT2D eigenvalue weighted by Crippen LogP contribution is 2.13. The Balaban J connectivity index is 0.00000924. The molecular weight excluding hydrogens is 580 g/mol. The molecule has 0 heterocycles. The molecule has 9 nitrogen and oxygen atoms in total. The first-order valence-electron chi connectivity index (χ1n) is 14.3. The van der Waals surface area contributed by atoms with E-state index >= 15 is 0 Å². The summed E-state index contributed by atoms with van der Waals surface area (Å²) in [5.74, 6) is -3.50. The van der Waals surface area contributed by atoms with Gasteiger partial charge in [-0.3, -0.25) is 19.2 Å². The van der Waals surface area contributed by atoms with E-state index in [4.69, 9.17) is 5.73 Å². The number of hydrogen-bond acceptors (Lipinski definition) is 5. The van der Waals surface area contributed by atoms with E-state index in [1.165, 1.54) is 18.2 Å². The van der Waals surface area contributed by atoms with Crippen LogP contribution in [0.5, 0.6) is 0 Å². The maximum atomic E-state index is 13.9. The van der Waals surface area contributed by atoms with Crippen LogP contribution < -0.4 is 21.7 Å². The van der Waals surface area contributed by atoms with Gasteiger partial charge in [0.25, 0.3) is 11.8 Å². The van der Waals surface area contributed by atoms with Crippen molar-refractivity contribution in [3.63, 3.8) is 0 Å². The van der Waals surface area contributed by atoms with Crippen LogP contribution in [-0.2, 0) is 16.0 Å². The summed E-state index contributed by atoms with van der Waals surface area (Å²) < 4.78 is 27.8. The zero-order valence-electron chi connectivity index (χ0n) is 25.4. The predicted molar refractivity (Wildman–Crippen MR) is 165 cm³/mol. The summed E-state index contributed by atoms with van der Waals surface area (Å²) in [5.41, 5.74) is 6.33. The molecule has 5 N–H and O–H groups in total. The lowest BCUT2D eigenvalue weighted by Crippen LogP contribution is -2.54. The third kappa shape index (κ3) is 11.9. The number of benzene rings is 2. The summed E-state index contributed by atoms with van der Waals surface area (Å²) in [5, 5.41) is 8.49. The molecule has 0 radical (unpaired) electrons. The lowest BCUT2D eigenvalue weighted by atomic mass is 10.0. The first-order chi connectivity index (χ1) is 19.9. The summed E-state index contributed by atoms with van der Waals surface area (Å²) in [6.07, 6.45) is 1.66. The van der Waals surface area contributed by atoms with Crippen molar-refractivity contribution in [1.29, 1.82) is 0 Å². The number of amides is 4. The van der Waals surface area contributed by atoms with Gasteiger partial charge in [-0.1, -0.05) is 33.8 Å². The molecule has 0 aliphatic carbocycles. The van der Waals surface area contributed by atoms with Crippen LogP contribution in [0.1, 0.15) is 73.7 Å². The quantitative estimate of drug-likeness (QED) is 0.227. The minimum absolute atomic E-state index is 0. The molecule has 3 atom stereocenters. The van der Waals surface area contributed by atoms with Gasteiger partial charge in [-0.25, -0.2) is 8.78 Å². The minimum Gasteiger partial charge on any atom is -0.368 e. The van der Waals surface area contributed by atoms with E-state index in [-0.39, 0.29) is 42.8 Å². The van der Waals surface area contributed by atoms with Gasteiger partial charge in [-0.15, -0.1) is 12.4 Å². The van der Waals surface area contributed by atoms with Crippen LogP contribution in [0, 0.1) is 17.6 Å². The number of nitrogens with one attached hydrogen (secondary N) is 3. The standard InChI is InChI=1S/C31H43F2N5O4.ClH/c1-6-11-38(12-7-2)31(42)23-10-8-9-22(16-23)30(41)36-26(15-21-13-24(32)17-25(33)14-21)18-35-20(5)29(40)37-27(19(3)4)28(34)39;/h8-10,13-14,16-17,19-20,26-27,35H,6-7,11-12,15,18H2,1-5H3,(H2,34,39)(H,36,41)(H,37,40);1H/t20-,26-,27-;/m0./s1. The molecule has 0 fully saturated rings. The Hall–Kier alpha value is -3.57. The molecular formula is C31H44ClF2N5O4. The molecule has 0 aliphatic rings. The first-order valence-corrected chi connectivity index (χ1v) is 14.3. The van der Waals surface area contributed by atoms with Crippen molar-refractivity contribution < 1.29 is 28.0 Å². The molecule has 12 heteroatoms. The van der Waals surface area contributed by atoms with Crippen molar-refractivity contribution in [1.82, 2.24) is 20.9 Å². The van der Waals surface area contributed by atoms with E-state index in [9.17, 15) is 28.0 Å². The Morgan fingerprint density at radius 1 is 0.884 bits per heavy atom. The number of hydrogen-bond donors (Lipinski definition) is 4. The molecule has 2 aromatic rings. The van der Waals surface area contributed by atoms with Crippen LogP contribution in [0.15, 0.2) is 42.5 Å². The van der Waals surface area contributed by atoms with Gasteiger partial charge in [0.15, 0.2) is 0 Å². The Kier molecular flexibility index (Phi) is 15.8. The van der Waals surface area contributed by atoms with E-state index in [0.29, 0.717) is 24.2 Å². The molecule has 0 unspecified atom stereocenters. The van der Waals surface area contributed by atoms with Gasteiger partial charge in [-0.2, -0.15) is 0 Å². The third-order valence-electron chi connectivity index (χ3n) is 6.72. The van der Waals surface area contributed by atoms with Gasteiger partial charge >= 0.3 is 0 Å². The second-order valence-corrected chi connectivity index (χ2v) is 10.8. The normalized spacial score (nSPS) is 12.9. The smallest absolute Gasteiger partial charge is 0.253 e. The Bertz CT molecular complexity index is 1220. The number of carbonyl (C=O) groups excluding carboxylic acids is 4. The summed E-state index contributed by atoms with van der Waals surface area (Å²) in [7, 11) is 0. The van der Waals surface area contributed by atoms with E-state index in [0.717, 1.165) is 18.9 Å². The average molecular weight is 624 g/mol. The van der Waals surface area contributed by atoms with Crippen molar-refractivity contribution in [3.8, 4) is 0 Å². The SMILES string of the molecule is CCCN(CCC)C(=O)c1cccc(C(=O)N[C@H](CN[C@@H](C)C(=O)N[C@H](C(N)=O)C(C)C)Cc2cc(F)cc(F)c2)c1.Cl. The maximum absolute atomic E-state index is 13.9. The van der Waals surface area contributed by atoms with Crippen molar-refractivity contribution in [3.05, 3.63) is 70.8 Å². The van der Waals surface area contributed by atoms with Crippen molar-refractivity contribution >= 4 is 36.0 Å². The number of primary amides is 1. The molecule has 0 saturated heterocycles. The predicted octanol–water partition coefficient (Wildman–Crippen LogP) is 3.59. The van der Waals surface area contributed by atoms with E-state index in [1.807, 2.05) is 13.8 Å². The van der Waals surface area contributed by atoms with Crippen LogP contribution in [0.4, 0.5) is 8.78 Å². The largest absolute Gasteiger partial charge is 0.368 e. The number of nitrogens with zero attached hydrogens (tertiary/aromatic N) is 1. The van der Waals surface area contributed by atoms with Gasteiger partial charge in [-0.05, 0) is 68.0 Å². The Morgan fingerprint density at radius 3 is 2.00 bits per heavy atom. The molecule has 238 valence electrons. The van der Waals surface area contributed by atoms with Crippen LogP contribution >= 0.6 is 12.4 Å². The molecule has 0 aromatic heterocycles. The number of rotatable bonds is 16. The first kappa shape index (κ1) is 37.5. The summed E-state index contributed by atoms with van der Waals surface area (Å²) in [6, 6.07) is 7.17. The monoisotopic (exact) mass is 623 g/mol. The topological polar surface area (TPSA) is 134 Å². The molecule has 0 spiro atoms. The summed E-state index contributed by atoms with van der Waals surface area (Å²) in [4.78, 5) is 52.5. The van der Waals surface area contributed by atoms with E-state index in [2.05, 4.69) is 16.0 Å². The van der Waals surface area contributed by atoms with Gasteiger partial charge < -0.3 is 26.6 Å². The Morgan fingerprint density at radius 2 is 1.47 bits per heavy atom. The van der Waals surface area contributed by atoms with Crippen LogP contribution in [-0.4, -0.2) is 66.3 Å². The lowest BCUT2D eigenvalue weighted by molar-refractivity contribution is -0.129. The van der Waals surface area contributed by atoms with Crippen LogP contribution in [0.2, 0.25) is 0 Å². The maximum Gasteiger partial charge on any atom is 0.253 e. The zero-order valence-corrected chi connectivity index (χ0v) is 26.2. The van der Waals surface area contributed by atoms with Gasteiger partial charge in [0, 0.05) is 42.9 Å². The van der Waals surface area contributed by atoms with Gasteiger partial charge in [0.05, 0.1) is 6.04 Å². The number of carbonyl (C=O) groups is 4. The highest BCUT2D eigenvalue weighted by atomic mass is 35.5. The van der Waals surface area contributed by atoms with Crippen molar-refractivity contribution in [2.45, 2.75) is 72.0 Å². The molecule has 0 saturated carbocycles. The molecule has 43 heavy (non-hydrogen) atoms. The van der Waals surface area contributed by atoms with Crippen LogP contribution in [0.25, 0.3) is 0 Å². The fraction of sp³-hybridized carbons (Fsp3) is 0.484. The summed E-state index contributed by atoms with van der Waals surface area (Å²) in [6.45, 7) is 10.3. The molecule has 2 aromatic carbocycles. The van der Waals surface area contributed by atoms with E-state index in [1.54, 1.807) is 43.9 Å². The Labute approximate surface area is 258 Å². The number of halogens is 3. The minimum atomic E-state index is -0.854. The van der Waals surface area contributed by atoms with Crippen molar-refractivity contribution in [2.75, 3.05) is 19.6 Å². The average Bonchev–Trinajstić information content (AvgIpc) is 2.92. The summed E-state index contributed by atoms with van der Waals surface area (Å²) >= 11 is 0. The van der Waals surface area contributed by atoms with E-state index < -0.39 is 47.5 Å². The molecule has 0 bridgehead atoms. The zero-order chi connectivity index (χ0) is 31.4. The number of nitrogens with two attached hydrogens (primary N) is 1. The third-order valence-corrected chi connectivity index (χ3v) is 6.72. The van der Waals surface area contributed by atoms with Crippen LogP contribution in [0.3, 0.4) is 0 Å². The van der Waals surface area contributed by atoms with Gasteiger partial charge in [0.2, 0.25) is 11.8 Å². The fourth-order valence-corrected chi connectivity index (χ4v) is 4.54. The molecule has 4 amide bonds. The highest BCUT2D eigenvalue weighted by Gasteiger charge is 2.25. The second-order valence-electron chi connectivity index (χ2n) is 10.8. The highest BCUT2D eigenvalue weighted by molar-refractivity contribution is 5.99.